The zero-order valence-electron chi connectivity index (χ0n) is 32.8. The van der Waals surface area contributed by atoms with Gasteiger partial charge in [-0.05, 0) is 12.6 Å². The number of hydrogen-bond acceptors (Lipinski definition) is 16. The summed E-state index contributed by atoms with van der Waals surface area (Å²) in [6.45, 7) is 8.36. The van der Waals surface area contributed by atoms with Crippen LogP contribution in [0.1, 0.15) is 64.5 Å². The zero-order valence-corrected chi connectivity index (χ0v) is 32.8. The highest BCUT2D eigenvalue weighted by Gasteiger charge is 2.32. The second-order valence-corrected chi connectivity index (χ2v) is 10.2. The number of hydrogen-bond donors (Lipinski definition) is 1. The summed E-state index contributed by atoms with van der Waals surface area (Å²) in [5.41, 5.74) is 12.6. The van der Waals surface area contributed by atoms with E-state index in [1.165, 1.54) is 14.1 Å². The number of ketones is 2. The number of hydroxylamine groups is 2. The third kappa shape index (κ3) is 37.4. The molecule has 310 valence electrons. The lowest BCUT2D eigenvalue weighted by Crippen LogP contribution is -2.32. The van der Waals surface area contributed by atoms with Crippen LogP contribution in [0, 0.1) is 24.7 Å². The molecule has 1 aliphatic rings. The van der Waals surface area contributed by atoms with Crippen LogP contribution in [-0.4, -0.2) is 136 Å². The Labute approximate surface area is 323 Å². The molecule has 0 unspecified atom stereocenters. The number of azide groups is 1. The quantitative estimate of drug-likeness (QED) is 0.0371. The number of nitrogens with zero attached hydrogens (tertiary/aromatic N) is 7. The second-order valence-electron chi connectivity index (χ2n) is 10.2. The fourth-order valence-corrected chi connectivity index (χ4v) is 3.25. The Hall–Kier alpha value is -4.76. The molecule has 0 bridgehead atoms. The van der Waals surface area contributed by atoms with Gasteiger partial charge in [0.25, 0.3) is 11.8 Å². The van der Waals surface area contributed by atoms with Gasteiger partial charge in [0.05, 0.1) is 78.7 Å². The maximum atomic E-state index is 11.3. The highest BCUT2D eigenvalue weighted by molar-refractivity contribution is 6.01. The molecular formula is C35H58N8O12. The number of imide groups is 1. The van der Waals surface area contributed by atoms with Crippen LogP contribution in [-0.2, 0) is 70.9 Å². The molecule has 20 heteroatoms. The Kier molecular flexibility index (Phi) is 41.7. The molecule has 2 amide bonds. The van der Waals surface area contributed by atoms with Crippen molar-refractivity contribution >= 4 is 29.4 Å². The second kappa shape index (κ2) is 42.0. The molecule has 2 N–H and O–H groups in total. The van der Waals surface area contributed by atoms with Gasteiger partial charge in [-0.2, -0.15) is 0 Å². The van der Waals surface area contributed by atoms with Gasteiger partial charge in [-0.15, -0.1) is 23.0 Å². The van der Waals surface area contributed by atoms with Gasteiger partial charge in [-0.1, -0.05) is 36.0 Å². The number of carbonyl (C=O) groups is 5. The summed E-state index contributed by atoms with van der Waals surface area (Å²) in [5.74, 6) is 3.43. The summed E-state index contributed by atoms with van der Waals surface area (Å²) < 4.78 is 32.4. The molecule has 0 atom stereocenters. The van der Waals surface area contributed by atoms with Crippen molar-refractivity contribution in [2.75, 3.05) is 86.8 Å². The van der Waals surface area contributed by atoms with Crippen molar-refractivity contribution in [1.82, 2.24) is 20.1 Å². The molecule has 0 radical (unpaired) electrons. The maximum absolute atomic E-state index is 11.3. The van der Waals surface area contributed by atoms with Crippen LogP contribution in [0.2, 0.25) is 0 Å². The van der Waals surface area contributed by atoms with Gasteiger partial charge in [0.1, 0.15) is 30.5 Å². The predicted octanol–water partition coefficient (Wildman–Crippen LogP) is 1.89. The maximum Gasteiger partial charge on any atom is 0.335 e. The Bertz CT molecular complexity index is 1290. The summed E-state index contributed by atoms with van der Waals surface area (Å²) in [6, 6.07) is 0. The largest absolute Gasteiger partial charge is 0.379 e. The minimum Gasteiger partial charge on any atom is -0.379 e. The van der Waals surface area contributed by atoms with Gasteiger partial charge in [0, 0.05) is 57.5 Å². The van der Waals surface area contributed by atoms with Crippen molar-refractivity contribution in [3.63, 3.8) is 0 Å². The average Bonchev–Trinajstić information content (AvgIpc) is 3.76. The number of terminal acetylenes is 2. The number of carbonyl (C=O) groups excluding carboxylic acids is 5. The summed E-state index contributed by atoms with van der Waals surface area (Å²) >= 11 is 0. The van der Waals surface area contributed by atoms with Gasteiger partial charge in [0.15, 0.2) is 0 Å². The molecule has 1 aromatic heterocycles. The van der Waals surface area contributed by atoms with Gasteiger partial charge >= 0.3 is 5.97 Å². The number of nitrogens with two attached hydrogens (primary N) is 1. The molecule has 2 rings (SSSR count). The van der Waals surface area contributed by atoms with Crippen LogP contribution in [0.3, 0.4) is 0 Å². The summed E-state index contributed by atoms with van der Waals surface area (Å²) in [6.07, 6.45) is 14.0. The average molecular weight is 783 g/mol. The number of amides is 2. The van der Waals surface area contributed by atoms with Crippen molar-refractivity contribution < 1.29 is 57.2 Å². The molecule has 1 aliphatic heterocycles. The van der Waals surface area contributed by atoms with Crippen molar-refractivity contribution in [2.45, 2.75) is 65.4 Å². The van der Waals surface area contributed by atoms with Crippen molar-refractivity contribution in [1.29, 1.82) is 0 Å². The van der Waals surface area contributed by atoms with Crippen LogP contribution < -0.4 is 5.73 Å². The molecule has 55 heavy (non-hydrogen) atoms. The standard InChI is InChI=1S/C12H15NO6.C11H19N3O3.C10H16O3.CH3N3.CH5N/c1-2-6-17-8-9-18-7-5-12(16)19-13-10(14)3-4-11(13)15;1-3-11(15)4-5-16-6-7-17-9-10-8-14(2)13-12-10;1-3-6-12-8-9-13-7-5-10(11)4-2;1-3-4-2;1-2/h1H,3-9H2;8H,3-7,9H2,1-2H3;1H,4-9H2,2H3;1H3;2H2,1H3. The molecule has 0 spiro atoms. The normalized spacial score (nSPS) is 11.0. The topological polar surface area (TPSA) is 259 Å². The minimum absolute atomic E-state index is 0.0494. The van der Waals surface area contributed by atoms with E-state index >= 15 is 0 Å². The van der Waals surface area contributed by atoms with E-state index < -0.39 is 17.8 Å². The Morgan fingerprint density at radius 2 is 1.22 bits per heavy atom. The van der Waals surface area contributed by atoms with E-state index in [0.29, 0.717) is 96.8 Å². The monoisotopic (exact) mass is 782 g/mol. The van der Waals surface area contributed by atoms with Crippen LogP contribution in [0.4, 0.5) is 0 Å². The molecule has 1 fully saturated rings. The molecule has 2 heterocycles. The number of Topliss-reactive ketones (excluding diaryl/α,β-unsaturated/α-hetero) is 2. The molecule has 1 saturated heterocycles. The number of aromatic nitrogens is 3. The first-order valence-corrected chi connectivity index (χ1v) is 17.4. The zero-order chi connectivity index (χ0) is 42.0. The minimum atomic E-state index is -0.687. The van der Waals surface area contributed by atoms with Crippen molar-refractivity contribution in [3.05, 3.63) is 22.3 Å². The number of rotatable bonds is 25. The van der Waals surface area contributed by atoms with Crippen molar-refractivity contribution in [3.8, 4) is 24.7 Å². The molecule has 0 aromatic carbocycles. The molecule has 1 aromatic rings. The highest BCUT2D eigenvalue weighted by Crippen LogP contribution is 2.12. The van der Waals surface area contributed by atoms with E-state index in [1.807, 2.05) is 20.9 Å². The third-order valence-corrected chi connectivity index (χ3v) is 5.96. The van der Waals surface area contributed by atoms with Gasteiger partial charge in [0.2, 0.25) is 0 Å². The van der Waals surface area contributed by atoms with E-state index in [9.17, 15) is 24.0 Å². The Balaban J connectivity index is -0.000000696. The Morgan fingerprint density at radius 1 is 0.800 bits per heavy atom. The fraction of sp³-hybridized carbons (Fsp3) is 0.686. The van der Waals surface area contributed by atoms with Gasteiger partial charge in [-0.25, -0.2) is 4.79 Å². The van der Waals surface area contributed by atoms with E-state index in [0.717, 1.165) is 5.69 Å². The van der Waals surface area contributed by atoms with Crippen LogP contribution in [0.25, 0.3) is 10.4 Å². The fourth-order valence-electron chi connectivity index (χ4n) is 3.25. The number of ether oxygens (including phenoxy) is 6. The van der Waals surface area contributed by atoms with E-state index in [2.05, 4.69) is 42.8 Å². The van der Waals surface area contributed by atoms with E-state index in [4.69, 9.17) is 46.8 Å². The van der Waals surface area contributed by atoms with Crippen LogP contribution in [0.15, 0.2) is 11.3 Å². The molecule has 0 aliphatic carbocycles. The lowest BCUT2D eigenvalue weighted by molar-refractivity contribution is -0.198. The van der Waals surface area contributed by atoms with E-state index in [1.54, 1.807) is 10.9 Å². The first-order chi connectivity index (χ1) is 26.6. The lowest BCUT2D eigenvalue weighted by atomic mass is 10.2. The predicted molar refractivity (Wildman–Crippen MR) is 199 cm³/mol. The summed E-state index contributed by atoms with van der Waals surface area (Å²) in [7, 11) is 4.70. The SMILES string of the molecule is C#CCOCCOCCC(=O)CC.C#CCOCCOCCC(=O)ON1C(=O)CCC1=O.CCC(=O)CCOCCOCc1cn(C)nn1.CN.CN=[N+]=[N-]. The lowest BCUT2D eigenvalue weighted by Gasteiger charge is -2.12. The van der Waals surface area contributed by atoms with Gasteiger partial charge < -0.3 is 39.0 Å². The highest BCUT2D eigenvalue weighted by atomic mass is 16.7. The van der Waals surface area contributed by atoms with Crippen molar-refractivity contribution in [2.24, 2.45) is 17.9 Å². The third-order valence-electron chi connectivity index (χ3n) is 5.96. The van der Waals surface area contributed by atoms with Gasteiger partial charge in [-0.3, -0.25) is 23.9 Å². The molecule has 20 nitrogen and oxygen atoms in total. The smallest absolute Gasteiger partial charge is 0.335 e. The Morgan fingerprint density at radius 3 is 1.60 bits per heavy atom. The summed E-state index contributed by atoms with van der Waals surface area (Å²) in [4.78, 5) is 62.4. The first-order valence-electron chi connectivity index (χ1n) is 17.4. The number of aryl methyl sites for hydroxylation is 1. The first kappa shape index (κ1) is 54.6. The van der Waals surface area contributed by atoms with Crippen LogP contribution >= 0.6 is 0 Å². The van der Waals surface area contributed by atoms with E-state index in [-0.39, 0.29) is 44.0 Å². The molecular weight excluding hydrogens is 724 g/mol. The van der Waals surface area contributed by atoms with Crippen LogP contribution in [0.5, 0.6) is 0 Å². The molecule has 0 saturated carbocycles. The summed E-state index contributed by atoms with van der Waals surface area (Å²) in [5, 5.41) is 11.1.